The number of likely N-dealkylation sites (N-methyl/N-ethyl adjacent to an activating group) is 1. The molecule has 2 aliphatic rings. The maximum atomic E-state index is 14.0. The Morgan fingerprint density at radius 1 is 1.25 bits per heavy atom. The van der Waals surface area contributed by atoms with Gasteiger partial charge in [0.2, 0.25) is 0 Å². The number of rotatable bonds is 3. The van der Waals surface area contributed by atoms with Crippen LogP contribution in [0, 0.1) is 23.7 Å². The van der Waals surface area contributed by atoms with Crippen molar-refractivity contribution in [2.75, 3.05) is 14.2 Å². The zero-order valence-electron chi connectivity index (χ0n) is 18.7. The van der Waals surface area contributed by atoms with Crippen molar-refractivity contribution in [3.63, 3.8) is 0 Å². The molecule has 9 nitrogen and oxygen atoms in total. The molecule has 4 atom stereocenters. The summed E-state index contributed by atoms with van der Waals surface area (Å²) in [6.45, 7) is 6.26. The Morgan fingerprint density at radius 3 is 2.41 bits per heavy atom. The zero-order valence-corrected chi connectivity index (χ0v) is 20.3. The van der Waals surface area contributed by atoms with E-state index < -0.39 is 38.3 Å². The van der Waals surface area contributed by atoms with Crippen LogP contribution < -0.4 is 0 Å². The summed E-state index contributed by atoms with van der Waals surface area (Å²) in [5.41, 5.74) is 0.135. The maximum Gasteiger partial charge on any atom is 0.369 e. The number of nitrogens with zero attached hydrogens (tertiary/aromatic N) is 4. The quantitative estimate of drug-likeness (QED) is 0.606. The maximum absolute atomic E-state index is 14.0. The molecular weight excluding hydrogens is 452 g/mol. The van der Waals surface area contributed by atoms with Gasteiger partial charge in [0.15, 0.2) is 14.9 Å². The summed E-state index contributed by atoms with van der Waals surface area (Å²) in [6, 6.07) is 4.95. The number of nitriles is 1. The number of carbonyl (C=O) groups is 4. The van der Waals surface area contributed by atoms with Gasteiger partial charge in [-0.2, -0.15) is 5.26 Å². The smallest absolute Gasteiger partial charge is 0.369 e. The number of ether oxygens (including phenoxy) is 1. The predicted octanol–water partition coefficient (Wildman–Crippen LogP) is 2.86. The van der Waals surface area contributed by atoms with Crippen LogP contribution in [0.5, 0.6) is 0 Å². The van der Waals surface area contributed by atoms with E-state index in [0.717, 1.165) is 17.5 Å². The van der Waals surface area contributed by atoms with Crippen molar-refractivity contribution in [2.45, 2.75) is 49.9 Å². The second-order valence-electron chi connectivity index (χ2n) is 8.30. The summed E-state index contributed by atoms with van der Waals surface area (Å²) in [6.07, 6.45) is 1.53. The van der Waals surface area contributed by atoms with Crippen LogP contribution in [0.4, 0.5) is 4.79 Å². The lowest BCUT2D eigenvalue weighted by atomic mass is 9.80. The number of aromatic nitrogens is 1. The normalized spacial score (nSPS) is 31.8. The Kier molecular flexibility index (Phi) is 6.08. The summed E-state index contributed by atoms with van der Waals surface area (Å²) in [5, 5.41) is 9.05. The highest BCUT2D eigenvalue weighted by molar-refractivity contribution is 8.15. The number of amides is 2. The summed E-state index contributed by atoms with van der Waals surface area (Å²) < 4.78 is 4.73. The van der Waals surface area contributed by atoms with E-state index in [1.807, 2.05) is 6.92 Å². The van der Waals surface area contributed by atoms with Gasteiger partial charge in [0.05, 0.1) is 24.6 Å². The van der Waals surface area contributed by atoms with Crippen molar-refractivity contribution < 1.29 is 23.9 Å². The number of aryl methyl sites for hydroxylation is 1. The number of fused-ring (bicyclic) bond motifs is 1. The summed E-state index contributed by atoms with van der Waals surface area (Å²) >= 11 is 1.31. The molecule has 3 rings (SSSR count). The van der Waals surface area contributed by atoms with E-state index in [2.05, 4.69) is 11.1 Å². The molecule has 0 bridgehead atoms. The second-order valence-corrected chi connectivity index (χ2v) is 11.1. The lowest BCUT2D eigenvalue weighted by Crippen LogP contribution is -2.71. The topological polar surface area (TPSA) is 121 Å². The molecule has 1 aromatic heterocycles. The van der Waals surface area contributed by atoms with E-state index in [4.69, 9.17) is 4.74 Å². The molecule has 0 N–H and O–H groups in total. The molecular formula is C21H24N4O5S2. The first-order valence-electron chi connectivity index (χ1n) is 9.78. The van der Waals surface area contributed by atoms with Crippen LogP contribution in [0.3, 0.4) is 0 Å². The van der Waals surface area contributed by atoms with E-state index in [0.29, 0.717) is 17.3 Å². The summed E-state index contributed by atoms with van der Waals surface area (Å²) in [5.74, 6) is -1.09. The van der Waals surface area contributed by atoms with Crippen LogP contribution in [0.15, 0.2) is 18.3 Å². The van der Waals surface area contributed by atoms with Gasteiger partial charge in [-0.25, -0.2) is 4.79 Å². The number of piperazine rings is 1. The number of carbonyl (C=O) groups excluding carboxylic acids is 4. The van der Waals surface area contributed by atoms with E-state index >= 15 is 0 Å². The third-order valence-electron chi connectivity index (χ3n) is 6.02. The lowest BCUT2D eigenvalue weighted by Gasteiger charge is -2.52. The number of hydrogen-bond acceptors (Lipinski definition) is 9. The average molecular weight is 477 g/mol. The van der Waals surface area contributed by atoms with Gasteiger partial charge >= 0.3 is 5.30 Å². The monoisotopic (exact) mass is 476 g/mol. The zero-order chi connectivity index (χ0) is 24.1. The molecule has 0 aromatic carbocycles. The fourth-order valence-electron chi connectivity index (χ4n) is 4.40. The van der Waals surface area contributed by atoms with Crippen LogP contribution in [-0.2, 0) is 19.1 Å². The molecule has 2 fully saturated rings. The Hall–Kier alpha value is -2.58. The fourth-order valence-corrected chi connectivity index (χ4v) is 6.57. The third kappa shape index (κ3) is 3.46. The number of hydrogen-bond donors (Lipinski definition) is 0. The largest absolute Gasteiger partial charge is 0.461 e. The highest BCUT2D eigenvalue weighted by atomic mass is 32.2. The molecule has 0 radical (unpaired) electrons. The Morgan fingerprint density at radius 2 is 1.91 bits per heavy atom. The number of thioether (sulfide) groups is 2. The minimum absolute atomic E-state index is 0.0484. The van der Waals surface area contributed by atoms with Crippen LogP contribution in [0.1, 0.15) is 44.5 Å². The highest BCUT2D eigenvalue weighted by Crippen LogP contribution is 2.62. The molecule has 11 heteroatoms. The van der Waals surface area contributed by atoms with E-state index in [-0.39, 0.29) is 11.5 Å². The minimum atomic E-state index is -1.62. The molecule has 0 saturated carbocycles. The first-order chi connectivity index (χ1) is 14.9. The van der Waals surface area contributed by atoms with Gasteiger partial charge in [-0.05, 0) is 55.9 Å². The van der Waals surface area contributed by atoms with Crippen LogP contribution >= 0.6 is 23.5 Å². The number of methoxy groups -OCH3 is 1. The Labute approximate surface area is 194 Å². The van der Waals surface area contributed by atoms with Gasteiger partial charge in [0.25, 0.3) is 11.8 Å². The van der Waals surface area contributed by atoms with Crippen molar-refractivity contribution in [1.29, 1.82) is 5.26 Å². The van der Waals surface area contributed by atoms with Gasteiger partial charge in [0.1, 0.15) is 0 Å². The van der Waals surface area contributed by atoms with Crippen LogP contribution in [-0.4, -0.2) is 60.9 Å². The lowest BCUT2D eigenvalue weighted by molar-refractivity contribution is -0.163. The molecule has 2 aliphatic heterocycles. The van der Waals surface area contributed by atoms with Gasteiger partial charge in [-0.15, -0.1) is 0 Å². The number of pyridine rings is 1. The molecule has 170 valence electrons. The molecule has 1 aromatic rings. The van der Waals surface area contributed by atoms with Crippen molar-refractivity contribution in [3.05, 3.63) is 29.6 Å². The molecule has 2 saturated heterocycles. The Balaban J connectivity index is 2.29. The van der Waals surface area contributed by atoms with Crippen LogP contribution in [0.2, 0.25) is 0 Å². The van der Waals surface area contributed by atoms with E-state index in [9.17, 15) is 24.4 Å². The SMILES string of the molecule is COC(=O)S[C@@]1(C)C(=O)N2C(c3ccc(C)nc3)[C@@](C)(C#N)C[C@]2(SC(C)=O)C(=O)N1C. The first kappa shape index (κ1) is 24.1. The summed E-state index contributed by atoms with van der Waals surface area (Å²) in [7, 11) is 2.60. The first-order valence-corrected chi connectivity index (χ1v) is 11.4. The average Bonchev–Trinajstić information content (AvgIpc) is 3.01. The molecule has 2 amide bonds. The molecule has 0 aliphatic carbocycles. The molecule has 3 heterocycles. The molecule has 32 heavy (non-hydrogen) atoms. The Bertz CT molecular complexity index is 1040. The van der Waals surface area contributed by atoms with Crippen molar-refractivity contribution in [3.8, 4) is 6.07 Å². The van der Waals surface area contributed by atoms with Gasteiger partial charge in [-0.3, -0.25) is 19.4 Å². The van der Waals surface area contributed by atoms with Crippen molar-refractivity contribution in [1.82, 2.24) is 14.8 Å². The fraction of sp³-hybridized carbons (Fsp3) is 0.524. The van der Waals surface area contributed by atoms with Crippen molar-refractivity contribution in [2.24, 2.45) is 5.41 Å². The molecule has 1 unspecified atom stereocenters. The summed E-state index contributed by atoms with van der Waals surface area (Å²) in [4.78, 5) is 55.8. The third-order valence-corrected chi connectivity index (χ3v) is 8.34. The van der Waals surface area contributed by atoms with E-state index in [1.54, 1.807) is 25.3 Å². The van der Waals surface area contributed by atoms with Gasteiger partial charge in [0, 0.05) is 32.3 Å². The van der Waals surface area contributed by atoms with Crippen molar-refractivity contribution >= 4 is 45.8 Å². The van der Waals surface area contributed by atoms with Gasteiger partial charge < -0.3 is 14.5 Å². The van der Waals surface area contributed by atoms with Crippen LogP contribution in [0.25, 0.3) is 0 Å². The minimum Gasteiger partial charge on any atom is -0.461 e. The predicted molar refractivity (Wildman–Crippen MR) is 119 cm³/mol. The van der Waals surface area contributed by atoms with Gasteiger partial charge in [-0.1, -0.05) is 6.07 Å². The van der Waals surface area contributed by atoms with E-state index in [1.165, 1.54) is 37.8 Å². The standard InChI is InChI=1S/C21H24N4O5S2/c1-12-7-8-14(9-23-12)15-19(3,11-22)10-21(31-13(2)26)17(28)24(5)20(4,16(27)25(15)21)32-18(29)30-6/h7-9,15H,10H2,1-6H3/t15?,19-,20+,21+/m1/s1. The highest BCUT2D eigenvalue weighted by Gasteiger charge is 2.71. The molecule has 0 spiro atoms. The second kappa shape index (κ2) is 8.08.